The molecule has 0 saturated carbocycles. The van der Waals surface area contributed by atoms with E-state index >= 15 is 0 Å². The number of amides is 1. The third-order valence-electron chi connectivity index (χ3n) is 3.98. The van der Waals surface area contributed by atoms with E-state index in [0.717, 1.165) is 31.5 Å². The molecule has 1 amide bonds. The van der Waals surface area contributed by atoms with Crippen molar-refractivity contribution in [3.05, 3.63) is 24.0 Å². The van der Waals surface area contributed by atoms with Gasteiger partial charge in [-0.25, -0.2) is 0 Å². The summed E-state index contributed by atoms with van der Waals surface area (Å²) in [6.07, 6.45) is 6.99. The SMILES string of the molecule is Cl.O=C(NC1CCNCC1)C1C=CC2=COCC2C1=O. The number of ketones is 1. The molecule has 2 aliphatic heterocycles. The van der Waals surface area contributed by atoms with E-state index in [-0.39, 0.29) is 36.1 Å². The zero-order chi connectivity index (χ0) is 13.2. The summed E-state index contributed by atoms with van der Waals surface area (Å²) >= 11 is 0. The van der Waals surface area contributed by atoms with Crippen molar-refractivity contribution in [3.8, 4) is 0 Å². The zero-order valence-electron chi connectivity index (χ0n) is 11.1. The lowest BCUT2D eigenvalue weighted by atomic mass is 9.83. The lowest BCUT2D eigenvalue weighted by Gasteiger charge is -2.26. The maximum absolute atomic E-state index is 12.2. The van der Waals surface area contributed by atoms with Crippen LogP contribution in [0.2, 0.25) is 0 Å². The van der Waals surface area contributed by atoms with Crippen LogP contribution in [0.4, 0.5) is 0 Å². The number of allylic oxidation sites excluding steroid dienone is 1. The molecular weight excluding hydrogens is 280 g/mol. The first-order valence-electron chi connectivity index (χ1n) is 6.80. The number of carbonyl (C=O) groups excluding carboxylic acids is 2. The standard InChI is InChI=1S/C14H18N2O3.ClH/c17-13-11(2-1-9-7-19-8-12(9)13)14(18)16-10-3-5-15-6-4-10;/h1-2,7,10-12,15H,3-6,8H2,(H,16,18);1H. The highest BCUT2D eigenvalue weighted by atomic mass is 35.5. The Bertz CT molecular complexity index is 455. The maximum atomic E-state index is 12.2. The molecule has 1 aliphatic carbocycles. The second kappa shape index (κ2) is 6.41. The number of halogens is 1. The molecule has 0 aromatic carbocycles. The van der Waals surface area contributed by atoms with Crippen LogP contribution in [-0.2, 0) is 14.3 Å². The normalized spacial score (nSPS) is 29.0. The highest BCUT2D eigenvalue weighted by molar-refractivity contribution is 6.06. The Balaban J connectivity index is 0.00000147. The van der Waals surface area contributed by atoms with Crippen molar-refractivity contribution < 1.29 is 14.3 Å². The van der Waals surface area contributed by atoms with Crippen LogP contribution in [0.1, 0.15) is 12.8 Å². The Hall–Kier alpha value is -1.33. The summed E-state index contributed by atoms with van der Waals surface area (Å²) in [6.45, 7) is 2.21. The molecule has 110 valence electrons. The largest absolute Gasteiger partial charge is 0.500 e. The van der Waals surface area contributed by atoms with Crippen molar-refractivity contribution in [2.75, 3.05) is 19.7 Å². The van der Waals surface area contributed by atoms with Gasteiger partial charge in [0.05, 0.1) is 12.2 Å². The van der Waals surface area contributed by atoms with Crippen molar-refractivity contribution >= 4 is 24.1 Å². The topological polar surface area (TPSA) is 67.4 Å². The van der Waals surface area contributed by atoms with Gasteiger partial charge in [-0.15, -0.1) is 12.4 Å². The summed E-state index contributed by atoms with van der Waals surface area (Å²) in [5.74, 6) is -1.12. The molecule has 20 heavy (non-hydrogen) atoms. The number of ether oxygens (including phenoxy) is 1. The number of carbonyl (C=O) groups is 2. The van der Waals surface area contributed by atoms with E-state index in [1.807, 2.05) is 6.08 Å². The van der Waals surface area contributed by atoms with E-state index < -0.39 is 5.92 Å². The molecule has 0 spiro atoms. The van der Waals surface area contributed by atoms with Gasteiger partial charge in [-0.2, -0.15) is 0 Å². The molecular formula is C14H19ClN2O3. The van der Waals surface area contributed by atoms with Crippen LogP contribution < -0.4 is 10.6 Å². The highest BCUT2D eigenvalue weighted by Crippen LogP contribution is 2.29. The van der Waals surface area contributed by atoms with Crippen molar-refractivity contribution in [2.24, 2.45) is 11.8 Å². The third-order valence-corrected chi connectivity index (χ3v) is 3.98. The first-order valence-corrected chi connectivity index (χ1v) is 6.80. The van der Waals surface area contributed by atoms with Gasteiger partial charge in [0.25, 0.3) is 0 Å². The monoisotopic (exact) mass is 298 g/mol. The number of nitrogens with one attached hydrogen (secondary N) is 2. The zero-order valence-corrected chi connectivity index (χ0v) is 11.9. The summed E-state index contributed by atoms with van der Waals surface area (Å²) in [5.41, 5.74) is 0.885. The van der Waals surface area contributed by atoms with E-state index in [0.29, 0.717) is 6.61 Å². The van der Waals surface area contributed by atoms with E-state index in [2.05, 4.69) is 10.6 Å². The molecule has 1 fully saturated rings. The van der Waals surface area contributed by atoms with E-state index in [4.69, 9.17) is 4.74 Å². The fourth-order valence-corrected chi connectivity index (χ4v) is 2.81. The van der Waals surface area contributed by atoms with Gasteiger partial charge < -0.3 is 15.4 Å². The minimum atomic E-state index is -0.654. The first-order chi connectivity index (χ1) is 9.25. The quantitative estimate of drug-likeness (QED) is 0.731. The Kier molecular flexibility index (Phi) is 4.83. The average molecular weight is 299 g/mol. The Morgan fingerprint density at radius 1 is 1.35 bits per heavy atom. The van der Waals surface area contributed by atoms with Gasteiger partial charge in [-0.3, -0.25) is 9.59 Å². The van der Waals surface area contributed by atoms with Gasteiger partial charge in [0.15, 0.2) is 5.78 Å². The lowest BCUT2D eigenvalue weighted by molar-refractivity contribution is -0.134. The molecule has 0 aromatic heterocycles. The van der Waals surface area contributed by atoms with Crippen molar-refractivity contribution in [1.29, 1.82) is 0 Å². The first kappa shape index (κ1) is 15.1. The number of rotatable bonds is 2. The molecule has 5 nitrogen and oxygen atoms in total. The summed E-state index contributed by atoms with van der Waals surface area (Å²) in [6, 6.07) is 0.187. The maximum Gasteiger partial charge on any atom is 0.234 e. The van der Waals surface area contributed by atoms with Gasteiger partial charge in [-0.05, 0) is 25.9 Å². The molecule has 3 aliphatic rings. The summed E-state index contributed by atoms with van der Waals surface area (Å²) in [7, 11) is 0. The minimum absolute atomic E-state index is 0. The summed E-state index contributed by atoms with van der Waals surface area (Å²) in [4.78, 5) is 24.4. The molecule has 3 rings (SSSR count). The van der Waals surface area contributed by atoms with E-state index in [1.54, 1.807) is 12.3 Å². The summed E-state index contributed by atoms with van der Waals surface area (Å²) in [5, 5.41) is 6.24. The fourth-order valence-electron chi connectivity index (χ4n) is 2.81. The third kappa shape index (κ3) is 2.88. The molecule has 2 unspecified atom stereocenters. The predicted molar refractivity (Wildman–Crippen MR) is 76.4 cm³/mol. The number of hydrogen-bond donors (Lipinski definition) is 2. The van der Waals surface area contributed by atoms with Gasteiger partial charge in [0.1, 0.15) is 12.5 Å². The smallest absolute Gasteiger partial charge is 0.234 e. The second-order valence-electron chi connectivity index (χ2n) is 5.28. The van der Waals surface area contributed by atoms with Crippen LogP contribution in [0.15, 0.2) is 24.0 Å². The number of hydrogen-bond acceptors (Lipinski definition) is 4. The van der Waals surface area contributed by atoms with Gasteiger partial charge >= 0.3 is 0 Å². The highest BCUT2D eigenvalue weighted by Gasteiger charge is 2.38. The molecule has 0 aromatic rings. The Morgan fingerprint density at radius 3 is 2.85 bits per heavy atom. The van der Waals surface area contributed by atoms with Crippen molar-refractivity contribution in [3.63, 3.8) is 0 Å². The minimum Gasteiger partial charge on any atom is -0.500 e. The Labute approximate surface area is 124 Å². The van der Waals surface area contributed by atoms with Crippen LogP contribution in [-0.4, -0.2) is 37.4 Å². The number of piperidine rings is 1. The molecule has 2 atom stereocenters. The van der Waals surface area contributed by atoms with Crippen molar-refractivity contribution in [1.82, 2.24) is 10.6 Å². The van der Waals surface area contributed by atoms with Crippen LogP contribution in [0.3, 0.4) is 0 Å². The van der Waals surface area contributed by atoms with Crippen LogP contribution >= 0.6 is 12.4 Å². The molecule has 6 heteroatoms. The Morgan fingerprint density at radius 2 is 2.10 bits per heavy atom. The van der Waals surface area contributed by atoms with Crippen LogP contribution in [0, 0.1) is 11.8 Å². The molecule has 0 bridgehead atoms. The molecule has 1 saturated heterocycles. The lowest BCUT2D eigenvalue weighted by Crippen LogP contribution is -2.47. The second-order valence-corrected chi connectivity index (χ2v) is 5.28. The van der Waals surface area contributed by atoms with Crippen LogP contribution in [0.25, 0.3) is 0 Å². The van der Waals surface area contributed by atoms with Crippen molar-refractivity contribution in [2.45, 2.75) is 18.9 Å². The average Bonchev–Trinajstić information content (AvgIpc) is 2.89. The summed E-state index contributed by atoms with van der Waals surface area (Å²) < 4.78 is 5.17. The van der Waals surface area contributed by atoms with Crippen LogP contribution in [0.5, 0.6) is 0 Å². The number of Topliss-reactive ketones (excluding diaryl/α,β-unsaturated/α-hetero) is 1. The molecule has 2 N–H and O–H groups in total. The van der Waals surface area contributed by atoms with E-state index in [9.17, 15) is 9.59 Å². The fraction of sp³-hybridized carbons (Fsp3) is 0.571. The molecule has 2 heterocycles. The van der Waals surface area contributed by atoms with Gasteiger partial charge in [0, 0.05) is 11.6 Å². The van der Waals surface area contributed by atoms with Gasteiger partial charge in [-0.1, -0.05) is 12.2 Å². The van der Waals surface area contributed by atoms with Gasteiger partial charge in [0.2, 0.25) is 5.91 Å². The van der Waals surface area contributed by atoms with E-state index in [1.165, 1.54) is 0 Å². The molecule has 0 radical (unpaired) electrons. The number of fused-ring (bicyclic) bond motifs is 1. The predicted octanol–water partition coefficient (Wildman–Crippen LogP) is 0.562.